The fourth-order valence-electron chi connectivity index (χ4n) is 3.42. The molecule has 1 saturated heterocycles. The quantitative estimate of drug-likeness (QED) is 0.812. The molecule has 4 nitrogen and oxygen atoms in total. The zero-order valence-corrected chi connectivity index (χ0v) is 12.3. The first-order valence-electron chi connectivity index (χ1n) is 7.47. The van der Waals surface area contributed by atoms with E-state index >= 15 is 0 Å². The van der Waals surface area contributed by atoms with Crippen LogP contribution in [0.1, 0.15) is 31.1 Å². The van der Waals surface area contributed by atoms with Crippen LogP contribution >= 0.6 is 11.6 Å². The minimum atomic E-state index is 0.543. The molecule has 1 atom stereocenters. The Bertz CT molecular complexity index is 619. The highest BCUT2D eigenvalue weighted by molar-refractivity contribution is 6.17. The SMILES string of the molecule is ClCCc1nc2cnccc2n1C1CCN(C2CC2)C1. The molecule has 3 heterocycles. The maximum atomic E-state index is 5.95. The summed E-state index contributed by atoms with van der Waals surface area (Å²) in [6, 6.07) is 3.48. The molecular weight excluding hydrogens is 272 g/mol. The van der Waals surface area contributed by atoms with Gasteiger partial charge in [0.2, 0.25) is 0 Å². The third-order valence-corrected chi connectivity index (χ3v) is 4.70. The molecule has 1 aliphatic heterocycles. The van der Waals surface area contributed by atoms with Crippen LogP contribution in [0.4, 0.5) is 0 Å². The molecule has 2 aliphatic rings. The zero-order valence-electron chi connectivity index (χ0n) is 11.5. The maximum absolute atomic E-state index is 5.95. The Balaban J connectivity index is 1.71. The van der Waals surface area contributed by atoms with Gasteiger partial charge >= 0.3 is 0 Å². The smallest absolute Gasteiger partial charge is 0.111 e. The number of hydrogen-bond donors (Lipinski definition) is 0. The first-order valence-corrected chi connectivity index (χ1v) is 8.01. The number of alkyl halides is 1. The van der Waals surface area contributed by atoms with Crippen LogP contribution in [0, 0.1) is 0 Å². The summed E-state index contributed by atoms with van der Waals surface area (Å²) >= 11 is 5.95. The molecule has 1 unspecified atom stereocenters. The van der Waals surface area contributed by atoms with Crippen molar-refractivity contribution in [3.05, 3.63) is 24.3 Å². The summed E-state index contributed by atoms with van der Waals surface area (Å²) in [5.74, 6) is 1.74. The van der Waals surface area contributed by atoms with E-state index in [-0.39, 0.29) is 0 Å². The normalized spacial score (nSPS) is 23.8. The highest BCUT2D eigenvalue weighted by Gasteiger charge is 2.35. The van der Waals surface area contributed by atoms with Crippen LogP contribution in [0.5, 0.6) is 0 Å². The lowest BCUT2D eigenvalue weighted by atomic mass is 10.2. The number of nitrogens with zero attached hydrogens (tertiary/aromatic N) is 4. The molecule has 5 heteroatoms. The number of imidazole rings is 1. The first kappa shape index (κ1) is 12.6. The highest BCUT2D eigenvalue weighted by Crippen LogP contribution is 2.35. The van der Waals surface area contributed by atoms with E-state index in [2.05, 4.69) is 20.5 Å². The number of hydrogen-bond acceptors (Lipinski definition) is 3. The van der Waals surface area contributed by atoms with Gasteiger partial charge in [-0.1, -0.05) is 0 Å². The second-order valence-electron chi connectivity index (χ2n) is 5.87. The molecular formula is C15H19ClN4. The average Bonchev–Trinajstić information content (AvgIpc) is 3.09. The van der Waals surface area contributed by atoms with E-state index in [4.69, 9.17) is 16.6 Å². The van der Waals surface area contributed by atoms with Crippen LogP contribution in [-0.2, 0) is 6.42 Å². The van der Waals surface area contributed by atoms with Crippen molar-refractivity contribution in [1.29, 1.82) is 0 Å². The fourth-order valence-corrected chi connectivity index (χ4v) is 3.59. The van der Waals surface area contributed by atoms with Crippen molar-refractivity contribution < 1.29 is 0 Å². The predicted octanol–water partition coefficient (Wildman–Crippen LogP) is 2.62. The van der Waals surface area contributed by atoms with E-state index in [1.54, 1.807) is 0 Å². The van der Waals surface area contributed by atoms with E-state index < -0.39 is 0 Å². The second kappa shape index (κ2) is 5.01. The fraction of sp³-hybridized carbons (Fsp3) is 0.600. The molecule has 4 rings (SSSR count). The lowest BCUT2D eigenvalue weighted by Crippen LogP contribution is -2.24. The van der Waals surface area contributed by atoms with Crippen molar-refractivity contribution >= 4 is 22.6 Å². The second-order valence-corrected chi connectivity index (χ2v) is 6.25. The van der Waals surface area contributed by atoms with Crippen LogP contribution in [0.3, 0.4) is 0 Å². The molecule has 2 aromatic heterocycles. The first-order chi connectivity index (χ1) is 9.86. The molecule has 0 amide bonds. The molecule has 0 N–H and O–H groups in total. The van der Waals surface area contributed by atoms with Crippen molar-refractivity contribution in [2.24, 2.45) is 0 Å². The minimum Gasteiger partial charge on any atom is -0.323 e. The van der Waals surface area contributed by atoms with E-state index in [1.807, 2.05) is 12.4 Å². The Labute approximate surface area is 123 Å². The molecule has 0 radical (unpaired) electrons. The van der Waals surface area contributed by atoms with Gasteiger partial charge in [0.05, 0.1) is 11.7 Å². The lowest BCUT2D eigenvalue weighted by Gasteiger charge is -2.18. The summed E-state index contributed by atoms with van der Waals surface area (Å²) in [5.41, 5.74) is 2.21. The van der Waals surface area contributed by atoms with Gasteiger partial charge in [-0.05, 0) is 25.3 Å². The van der Waals surface area contributed by atoms with E-state index in [9.17, 15) is 0 Å². The average molecular weight is 291 g/mol. The van der Waals surface area contributed by atoms with Crippen molar-refractivity contribution in [2.45, 2.75) is 37.8 Å². The number of fused-ring (bicyclic) bond motifs is 1. The van der Waals surface area contributed by atoms with Gasteiger partial charge < -0.3 is 4.57 Å². The maximum Gasteiger partial charge on any atom is 0.111 e. The molecule has 0 bridgehead atoms. The Morgan fingerprint density at radius 1 is 1.25 bits per heavy atom. The van der Waals surface area contributed by atoms with Crippen LogP contribution in [0.25, 0.3) is 11.0 Å². The van der Waals surface area contributed by atoms with Gasteiger partial charge in [0, 0.05) is 43.7 Å². The Morgan fingerprint density at radius 3 is 2.95 bits per heavy atom. The van der Waals surface area contributed by atoms with Crippen molar-refractivity contribution in [3.8, 4) is 0 Å². The Kier molecular flexibility index (Phi) is 3.15. The summed E-state index contributed by atoms with van der Waals surface area (Å²) in [7, 11) is 0. The molecule has 20 heavy (non-hydrogen) atoms. The number of rotatable bonds is 4. The minimum absolute atomic E-state index is 0.543. The number of aryl methyl sites for hydroxylation is 1. The van der Waals surface area contributed by atoms with E-state index in [0.717, 1.165) is 30.3 Å². The number of pyridine rings is 1. The van der Waals surface area contributed by atoms with Gasteiger partial charge in [-0.25, -0.2) is 4.98 Å². The summed E-state index contributed by atoms with van der Waals surface area (Å²) in [5, 5.41) is 0. The molecule has 106 valence electrons. The van der Waals surface area contributed by atoms with Crippen molar-refractivity contribution in [2.75, 3.05) is 19.0 Å². The lowest BCUT2D eigenvalue weighted by molar-refractivity contribution is 0.314. The predicted molar refractivity (Wildman–Crippen MR) is 80.2 cm³/mol. The summed E-state index contributed by atoms with van der Waals surface area (Å²) in [4.78, 5) is 11.6. The third-order valence-electron chi connectivity index (χ3n) is 4.51. The van der Waals surface area contributed by atoms with Gasteiger partial charge in [-0.3, -0.25) is 9.88 Å². The van der Waals surface area contributed by atoms with Gasteiger partial charge in [0.25, 0.3) is 0 Å². The summed E-state index contributed by atoms with van der Waals surface area (Å²) in [6.07, 6.45) is 8.54. The van der Waals surface area contributed by atoms with Gasteiger partial charge in [-0.2, -0.15) is 0 Å². The van der Waals surface area contributed by atoms with Crippen molar-refractivity contribution in [1.82, 2.24) is 19.4 Å². The molecule has 0 aromatic carbocycles. The topological polar surface area (TPSA) is 34.0 Å². The van der Waals surface area contributed by atoms with Crippen LogP contribution in [0.15, 0.2) is 18.5 Å². The van der Waals surface area contributed by atoms with Crippen LogP contribution in [0.2, 0.25) is 0 Å². The standard InChI is InChI=1S/C15H19ClN4/c16-6-3-15-18-13-9-17-7-4-14(13)20(15)12-5-8-19(10-12)11-1-2-11/h4,7,9,11-12H,1-3,5-6,8,10H2. The molecule has 0 spiro atoms. The third kappa shape index (κ3) is 2.11. The highest BCUT2D eigenvalue weighted by atomic mass is 35.5. The van der Waals surface area contributed by atoms with E-state index in [1.165, 1.54) is 31.3 Å². The molecule has 1 saturated carbocycles. The number of likely N-dealkylation sites (tertiary alicyclic amines) is 1. The van der Waals surface area contributed by atoms with Crippen molar-refractivity contribution in [3.63, 3.8) is 0 Å². The molecule has 1 aliphatic carbocycles. The van der Waals surface area contributed by atoms with Crippen LogP contribution in [-0.4, -0.2) is 44.4 Å². The monoisotopic (exact) mass is 290 g/mol. The van der Waals surface area contributed by atoms with Gasteiger partial charge in [0.15, 0.2) is 0 Å². The summed E-state index contributed by atoms with van der Waals surface area (Å²) < 4.78 is 2.42. The largest absolute Gasteiger partial charge is 0.323 e. The molecule has 2 fully saturated rings. The number of halogens is 1. The van der Waals surface area contributed by atoms with Crippen LogP contribution < -0.4 is 0 Å². The molecule has 2 aromatic rings. The van der Waals surface area contributed by atoms with E-state index in [0.29, 0.717) is 11.9 Å². The van der Waals surface area contributed by atoms with Gasteiger partial charge in [0.1, 0.15) is 11.3 Å². The Morgan fingerprint density at radius 2 is 2.15 bits per heavy atom. The van der Waals surface area contributed by atoms with Gasteiger partial charge in [-0.15, -0.1) is 11.6 Å². The Hall–Kier alpha value is -1.13. The summed E-state index contributed by atoms with van der Waals surface area (Å²) in [6.45, 7) is 2.38. The number of aromatic nitrogens is 3. The zero-order chi connectivity index (χ0) is 13.5.